The van der Waals surface area contributed by atoms with Gasteiger partial charge in [0.15, 0.2) is 0 Å². The van der Waals surface area contributed by atoms with Crippen molar-refractivity contribution in [3.05, 3.63) is 78.4 Å². The lowest BCUT2D eigenvalue weighted by molar-refractivity contribution is 0.475. The summed E-state index contributed by atoms with van der Waals surface area (Å²) < 4.78 is 0. The Balaban J connectivity index is 0.000000240. The molecular formula is C19H24O. The lowest BCUT2D eigenvalue weighted by atomic mass is 10.00. The summed E-state index contributed by atoms with van der Waals surface area (Å²) in [5.41, 5.74) is 2.93. The molecule has 106 valence electrons. The smallest absolute Gasteiger partial charge is 0.115 e. The molecule has 0 aliphatic heterocycles. The number of benzene rings is 2. The molecule has 0 fully saturated rings. The summed E-state index contributed by atoms with van der Waals surface area (Å²) in [7, 11) is 0. The van der Waals surface area contributed by atoms with Crippen molar-refractivity contribution in [1.82, 2.24) is 0 Å². The molecule has 0 spiro atoms. The normalized spacial score (nSPS) is 9.45. The number of phenols is 1. The fraction of sp³-hybridized carbons (Fsp3) is 0.263. The van der Waals surface area contributed by atoms with Gasteiger partial charge in [-0.2, -0.15) is 0 Å². The van der Waals surface area contributed by atoms with Crippen molar-refractivity contribution in [2.75, 3.05) is 0 Å². The van der Waals surface area contributed by atoms with Crippen LogP contribution in [0.4, 0.5) is 0 Å². The number of rotatable bonds is 5. The first kappa shape index (κ1) is 16.0. The maximum Gasteiger partial charge on any atom is 0.115 e. The second kappa shape index (κ2) is 9.85. The predicted octanol–water partition coefficient (Wildman–Crippen LogP) is 5.15. The molecule has 1 heteroatoms. The second-order valence-corrected chi connectivity index (χ2v) is 4.70. The average molecular weight is 268 g/mol. The van der Waals surface area contributed by atoms with Gasteiger partial charge in [0.25, 0.3) is 0 Å². The maximum absolute atomic E-state index is 8.63. The van der Waals surface area contributed by atoms with Gasteiger partial charge >= 0.3 is 0 Å². The van der Waals surface area contributed by atoms with Crippen molar-refractivity contribution in [3.8, 4) is 5.75 Å². The van der Waals surface area contributed by atoms with Crippen molar-refractivity contribution in [3.63, 3.8) is 0 Å². The summed E-state index contributed by atoms with van der Waals surface area (Å²) in [6.07, 6.45) is 6.74. The largest absolute Gasteiger partial charge is 0.508 e. The number of aromatic hydroxyl groups is 1. The zero-order valence-electron chi connectivity index (χ0n) is 12.3. The van der Waals surface area contributed by atoms with Gasteiger partial charge in [0.1, 0.15) is 5.75 Å². The molecule has 0 saturated heterocycles. The highest BCUT2D eigenvalue weighted by atomic mass is 16.3. The van der Waals surface area contributed by atoms with E-state index in [4.69, 9.17) is 5.11 Å². The van der Waals surface area contributed by atoms with Gasteiger partial charge < -0.3 is 5.11 Å². The molecule has 1 nitrogen and oxygen atoms in total. The number of allylic oxidation sites excluding steroid dienone is 1. The van der Waals surface area contributed by atoms with Crippen molar-refractivity contribution < 1.29 is 5.11 Å². The van der Waals surface area contributed by atoms with Crippen LogP contribution < -0.4 is 0 Å². The first-order valence-corrected chi connectivity index (χ1v) is 7.19. The molecule has 0 radical (unpaired) electrons. The summed E-state index contributed by atoms with van der Waals surface area (Å²) in [6.45, 7) is 6.01. The Morgan fingerprint density at radius 3 is 2.05 bits per heavy atom. The minimum Gasteiger partial charge on any atom is -0.508 e. The molecule has 20 heavy (non-hydrogen) atoms. The minimum atomic E-state index is 0.322. The van der Waals surface area contributed by atoms with Gasteiger partial charge in [-0.05, 0) is 42.5 Å². The molecule has 0 heterocycles. The van der Waals surface area contributed by atoms with Gasteiger partial charge in [0.2, 0.25) is 0 Å². The highest BCUT2D eigenvalue weighted by Gasteiger charge is 1.98. The van der Waals surface area contributed by atoms with Crippen LogP contribution in [0.1, 0.15) is 30.9 Å². The van der Waals surface area contributed by atoms with E-state index < -0.39 is 0 Å². The molecule has 0 bridgehead atoms. The second-order valence-electron chi connectivity index (χ2n) is 4.70. The quantitative estimate of drug-likeness (QED) is 0.743. The first-order chi connectivity index (χ1) is 9.77. The molecule has 0 unspecified atom stereocenters. The van der Waals surface area contributed by atoms with E-state index in [0.717, 1.165) is 6.42 Å². The van der Waals surface area contributed by atoms with Crippen LogP contribution in [-0.4, -0.2) is 5.11 Å². The van der Waals surface area contributed by atoms with Crippen LogP contribution in [0.25, 0.3) is 0 Å². The number of unbranched alkanes of at least 4 members (excludes halogenated alkanes) is 1. The molecular weight excluding hydrogens is 244 g/mol. The molecule has 0 aliphatic carbocycles. The van der Waals surface area contributed by atoms with Crippen LogP contribution in [0.2, 0.25) is 0 Å². The standard InChI is InChI=1S/C13H18.C6H6O/c1-3-5-9-13-11-7-6-10-12(13)8-4-2;7-6-4-2-1-3-5-6/h4,6-7,10-11H,2-3,5,8-9H2,1H3;1-5,7H. The number of para-hydroxylation sites is 1. The average Bonchev–Trinajstić information content (AvgIpc) is 2.48. The van der Waals surface area contributed by atoms with Crippen LogP contribution in [-0.2, 0) is 12.8 Å². The number of hydrogen-bond acceptors (Lipinski definition) is 1. The summed E-state index contributed by atoms with van der Waals surface area (Å²) in [4.78, 5) is 0. The summed E-state index contributed by atoms with van der Waals surface area (Å²) in [5, 5.41) is 8.63. The van der Waals surface area contributed by atoms with Crippen LogP contribution in [0, 0.1) is 0 Å². The Morgan fingerprint density at radius 1 is 0.950 bits per heavy atom. The Hall–Kier alpha value is -2.02. The third kappa shape index (κ3) is 6.24. The highest BCUT2D eigenvalue weighted by Crippen LogP contribution is 2.12. The molecule has 2 aromatic carbocycles. The monoisotopic (exact) mass is 268 g/mol. The van der Waals surface area contributed by atoms with E-state index in [1.807, 2.05) is 12.1 Å². The van der Waals surface area contributed by atoms with Crippen LogP contribution in [0.15, 0.2) is 67.3 Å². The van der Waals surface area contributed by atoms with E-state index in [9.17, 15) is 0 Å². The van der Waals surface area contributed by atoms with E-state index in [1.165, 1.54) is 30.4 Å². The van der Waals surface area contributed by atoms with E-state index in [-0.39, 0.29) is 0 Å². The van der Waals surface area contributed by atoms with Crippen LogP contribution in [0.3, 0.4) is 0 Å². The fourth-order valence-corrected chi connectivity index (χ4v) is 1.95. The molecule has 0 amide bonds. The van der Waals surface area contributed by atoms with Gasteiger partial charge in [0.05, 0.1) is 0 Å². The van der Waals surface area contributed by atoms with E-state index in [1.54, 1.807) is 24.3 Å². The molecule has 2 aromatic rings. The third-order valence-electron chi connectivity index (χ3n) is 3.04. The molecule has 1 N–H and O–H groups in total. The Morgan fingerprint density at radius 2 is 1.55 bits per heavy atom. The Bertz CT molecular complexity index is 488. The van der Waals surface area contributed by atoms with Crippen molar-refractivity contribution >= 4 is 0 Å². The zero-order valence-corrected chi connectivity index (χ0v) is 12.3. The van der Waals surface area contributed by atoms with Crippen molar-refractivity contribution in [2.45, 2.75) is 32.6 Å². The first-order valence-electron chi connectivity index (χ1n) is 7.19. The summed E-state index contributed by atoms with van der Waals surface area (Å²) in [6, 6.07) is 17.4. The SMILES string of the molecule is C=CCc1ccccc1CCCC.Oc1ccccc1. The predicted molar refractivity (Wildman–Crippen MR) is 87.1 cm³/mol. The van der Waals surface area contributed by atoms with Gasteiger partial charge in [-0.1, -0.05) is 61.9 Å². The molecule has 0 saturated carbocycles. The third-order valence-corrected chi connectivity index (χ3v) is 3.04. The van der Waals surface area contributed by atoms with E-state index in [0.29, 0.717) is 5.75 Å². The Labute approximate surface area is 122 Å². The maximum atomic E-state index is 8.63. The van der Waals surface area contributed by atoms with Gasteiger partial charge in [0, 0.05) is 0 Å². The molecule has 0 aromatic heterocycles. The lowest BCUT2D eigenvalue weighted by Crippen LogP contribution is -1.92. The van der Waals surface area contributed by atoms with Gasteiger partial charge in [-0.15, -0.1) is 6.58 Å². The van der Waals surface area contributed by atoms with Crippen molar-refractivity contribution in [2.24, 2.45) is 0 Å². The summed E-state index contributed by atoms with van der Waals surface area (Å²) >= 11 is 0. The number of phenolic OH excluding ortho intramolecular Hbond substituents is 1. The number of hydrogen-bond donors (Lipinski definition) is 1. The lowest BCUT2D eigenvalue weighted by Gasteiger charge is -2.06. The van der Waals surface area contributed by atoms with Gasteiger partial charge in [-0.25, -0.2) is 0 Å². The number of aryl methyl sites for hydroxylation is 1. The topological polar surface area (TPSA) is 20.2 Å². The Kier molecular flexibility index (Phi) is 7.90. The van der Waals surface area contributed by atoms with Crippen molar-refractivity contribution in [1.29, 1.82) is 0 Å². The van der Waals surface area contributed by atoms with E-state index >= 15 is 0 Å². The highest BCUT2D eigenvalue weighted by molar-refractivity contribution is 5.28. The molecule has 0 aliphatic rings. The van der Waals surface area contributed by atoms with Crippen LogP contribution >= 0.6 is 0 Å². The molecule has 0 atom stereocenters. The zero-order chi connectivity index (χ0) is 14.6. The van der Waals surface area contributed by atoms with Crippen LogP contribution in [0.5, 0.6) is 5.75 Å². The fourth-order valence-electron chi connectivity index (χ4n) is 1.95. The van der Waals surface area contributed by atoms with Gasteiger partial charge in [-0.3, -0.25) is 0 Å². The summed E-state index contributed by atoms with van der Waals surface area (Å²) in [5.74, 6) is 0.322. The minimum absolute atomic E-state index is 0.322. The molecule has 2 rings (SSSR count). The van der Waals surface area contributed by atoms with E-state index in [2.05, 4.69) is 37.8 Å².